The minimum absolute atomic E-state index is 0.378. The molecule has 0 radical (unpaired) electrons. The minimum atomic E-state index is 0.378. The van der Waals surface area contributed by atoms with Crippen molar-refractivity contribution in [1.82, 2.24) is 9.97 Å². The Labute approximate surface area is 99.4 Å². The first kappa shape index (κ1) is 11.2. The highest BCUT2D eigenvalue weighted by Crippen LogP contribution is 2.31. The molecule has 0 saturated carbocycles. The van der Waals surface area contributed by atoms with Crippen LogP contribution in [0.15, 0.2) is 24.5 Å². The molecule has 4 heteroatoms. The maximum Gasteiger partial charge on any atom is 0.125 e. The fourth-order valence-corrected chi connectivity index (χ4v) is 2.71. The molecular weight excluding hydrogens is 218 g/mol. The Hall–Kier alpha value is -1.26. The van der Waals surface area contributed by atoms with Crippen LogP contribution >= 0.6 is 11.3 Å². The number of aromatic nitrogens is 2. The fourth-order valence-electron chi connectivity index (χ4n) is 1.59. The van der Waals surface area contributed by atoms with Crippen LogP contribution in [-0.2, 0) is 0 Å². The summed E-state index contributed by atoms with van der Waals surface area (Å²) in [5, 5.41) is 1.03. The van der Waals surface area contributed by atoms with Crippen molar-refractivity contribution in [3.63, 3.8) is 0 Å². The summed E-state index contributed by atoms with van der Waals surface area (Å²) in [5.74, 6) is 0.378. The molecule has 84 valence electrons. The number of nitrogens with two attached hydrogens (primary N) is 1. The normalized spacial score (nSPS) is 12.7. The highest BCUT2D eigenvalue weighted by Gasteiger charge is 2.13. The van der Waals surface area contributed by atoms with Crippen LogP contribution < -0.4 is 5.73 Å². The second kappa shape index (κ2) is 4.72. The smallest absolute Gasteiger partial charge is 0.125 e. The minimum Gasteiger partial charge on any atom is -0.330 e. The van der Waals surface area contributed by atoms with Gasteiger partial charge in [0.2, 0.25) is 0 Å². The van der Waals surface area contributed by atoms with Crippen LogP contribution in [0.2, 0.25) is 0 Å². The maximum atomic E-state index is 5.69. The molecule has 2 rings (SSSR count). The molecule has 3 nitrogen and oxygen atoms in total. The van der Waals surface area contributed by atoms with Gasteiger partial charge in [0.1, 0.15) is 5.01 Å². The second-order valence-corrected chi connectivity index (χ2v) is 4.88. The SMILES string of the molecule is Cc1nc(-c2cccnc2)sc1C(C)CN. The first-order valence-electron chi connectivity index (χ1n) is 5.30. The van der Waals surface area contributed by atoms with Crippen molar-refractivity contribution in [2.75, 3.05) is 6.54 Å². The van der Waals surface area contributed by atoms with Gasteiger partial charge in [-0.2, -0.15) is 0 Å². The van der Waals surface area contributed by atoms with Gasteiger partial charge in [0, 0.05) is 28.8 Å². The van der Waals surface area contributed by atoms with Gasteiger partial charge in [0.05, 0.1) is 5.69 Å². The summed E-state index contributed by atoms with van der Waals surface area (Å²) in [7, 11) is 0. The van der Waals surface area contributed by atoms with Crippen molar-refractivity contribution in [3.8, 4) is 10.6 Å². The number of pyridine rings is 1. The third kappa shape index (κ3) is 2.13. The van der Waals surface area contributed by atoms with E-state index in [2.05, 4.69) is 16.9 Å². The molecule has 0 spiro atoms. The van der Waals surface area contributed by atoms with E-state index in [9.17, 15) is 0 Å². The Morgan fingerprint density at radius 1 is 1.50 bits per heavy atom. The first-order chi connectivity index (χ1) is 7.72. The second-order valence-electron chi connectivity index (χ2n) is 3.85. The number of aryl methyl sites for hydroxylation is 1. The van der Waals surface area contributed by atoms with Gasteiger partial charge in [-0.1, -0.05) is 6.92 Å². The molecule has 1 unspecified atom stereocenters. The lowest BCUT2D eigenvalue weighted by Crippen LogP contribution is -2.08. The Kier molecular flexibility index (Phi) is 3.31. The van der Waals surface area contributed by atoms with E-state index in [1.54, 1.807) is 17.5 Å². The zero-order chi connectivity index (χ0) is 11.5. The lowest BCUT2D eigenvalue weighted by molar-refractivity contribution is 0.780. The summed E-state index contributed by atoms with van der Waals surface area (Å²) < 4.78 is 0. The van der Waals surface area contributed by atoms with Crippen molar-refractivity contribution < 1.29 is 0 Å². The molecule has 2 N–H and O–H groups in total. The van der Waals surface area contributed by atoms with Crippen LogP contribution in [-0.4, -0.2) is 16.5 Å². The van der Waals surface area contributed by atoms with Gasteiger partial charge in [-0.05, 0) is 25.6 Å². The van der Waals surface area contributed by atoms with Gasteiger partial charge in [-0.15, -0.1) is 11.3 Å². The van der Waals surface area contributed by atoms with Crippen LogP contribution in [0, 0.1) is 6.92 Å². The van der Waals surface area contributed by atoms with E-state index in [1.807, 2.05) is 25.3 Å². The Bertz CT molecular complexity index is 464. The van der Waals surface area contributed by atoms with Gasteiger partial charge < -0.3 is 5.73 Å². The molecule has 16 heavy (non-hydrogen) atoms. The van der Waals surface area contributed by atoms with Gasteiger partial charge in [-0.25, -0.2) is 4.98 Å². The Morgan fingerprint density at radius 2 is 2.31 bits per heavy atom. The Balaban J connectivity index is 2.38. The van der Waals surface area contributed by atoms with E-state index < -0.39 is 0 Å². The highest BCUT2D eigenvalue weighted by atomic mass is 32.1. The molecule has 1 atom stereocenters. The van der Waals surface area contributed by atoms with E-state index >= 15 is 0 Å². The summed E-state index contributed by atoms with van der Waals surface area (Å²) >= 11 is 1.71. The van der Waals surface area contributed by atoms with E-state index in [4.69, 9.17) is 5.73 Å². The van der Waals surface area contributed by atoms with Crippen molar-refractivity contribution in [2.24, 2.45) is 5.73 Å². The molecular formula is C12H15N3S. The predicted molar refractivity (Wildman–Crippen MR) is 67.6 cm³/mol. The topological polar surface area (TPSA) is 51.8 Å². The predicted octanol–water partition coefficient (Wildman–Crippen LogP) is 2.58. The molecule has 0 aliphatic carbocycles. The van der Waals surface area contributed by atoms with E-state index in [0.717, 1.165) is 16.3 Å². The van der Waals surface area contributed by atoms with Crippen molar-refractivity contribution >= 4 is 11.3 Å². The molecule has 0 aliphatic rings. The fraction of sp³-hybridized carbons (Fsp3) is 0.333. The van der Waals surface area contributed by atoms with Gasteiger partial charge in [-0.3, -0.25) is 4.98 Å². The lowest BCUT2D eigenvalue weighted by atomic mass is 10.1. The van der Waals surface area contributed by atoms with Crippen LogP contribution in [0.1, 0.15) is 23.4 Å². The van der Waals surface area contributed by atoms with Gasteiger partial charge >= 0.3 is 0 Å². The van der Waals surface area contributed by atoms with Crippen molar-refractivity contribution in [1.29, 1.82) is 0 Å². The maximum absolute atomic E-state index is 5.69. The van der Waals surface area contributed by atoms with E-state index in [0.29, 0.717) is 12.5 Å². The lowest BCUT2D eigenvalue weighted by Gasteiger charge is -2.04. The average Bonchev–Trinajstić information content (AvgIpc) is 2.71. The number of hydrogen-bond donors (Lipinski definition) is 1. The summed E-state index contributed by atoms with van der Waals surface area (Å²) in [6.07, 6.45) is 3.61. The molecule has 2 aromatic heterocycles. The van der Waals surface area contributed by atoms with E-state index in [-0.39, 0.29) is 0 Å². The third-order valence-corrected chi connectivity index (χ3v) is 3.98. The van der Waals surface area contributed by atoms with Crippen LogP contribution in [0.3, 0.4) is 0 Å². The Morgan fingerprint density at radius 3 is 2.94 bits per heavy atom. The summed E-state index contributed by atoms with van der Waals surface area (Å²) in [6, 6.07) is 3.96. The number of hydrogen-bond acceptors (Lipinski definition) is 4. The monoisotopic (exact) mass is 233 g/mol. The zero-order valence-electron chi connectivity index (χ0n) is 9.47. The largest absolute Gasteiger partial charge is 0.330 e. The molecule has 0 aromatic carbocycles. The van der Waals surface area contributed by atoms with Gasteiger partial charge in [0.25, 0.3) is 0 Å². The zero-order valence-corrected chi connectivity index (χ0v) is 10.3. The summed E-state index contributed by atoms with van der Waals surface area (Å²) in [5.41, 5.74) is 7.85. The summed E-state index contributed by atoms with van der Waals surface area (Å²) in [4.78, 5) is 9.96. The number of rotatable bonds is 3. The van der Waals surface area contributed by atoms with Gasteiger partial charge in [0.15, 0.2) is 0 Å². The van der Waals surface area contributed by atoms with Crippen molar-refractivity contribution in [2.45, 2.75) is 19.8 Å². The average molecular weight is 233 g/mol. The molecule has 0 aliphatic heterocycles. The van der Waals surface area contributed by atoms with Crippen LogP contribution in [0.5, 0.6) is 0 Å². The quantitative estimate of drug-likeness (QED) is 0.886. The molecule has 2 heterocycles. The standard InChI is InChI=1S/C12H15N3S/c1-8(6-13)11-9(2)15-12(16-11)10-4-3-5-14-7-10/h3-5,7-8H,6,13H2,1-2H3. The van der Waals surface area contributed by atoms with E-state index in [1.165, 1.54) is 4.88 Å². The van der Waals surface area contributed by atoms with Crippen molar-refractivity contribution in [3.05, 3.63) is 35.1 Å². The molecule has 0 fully saturated rings. The third-order valence-electron chi connectivity index (χ3n) is 2.54. The number of nitrogens with zero attached hydrogens (tertiary/aromatic N) is 2. The molecule has 0 amide bonds. The van der Waals surface area contributed by atoms with Crippen LogP contribution in [0.25, 0.3) is 10.6 Å². The highest BCUT2D eigenvalue weighted by molar-refractivity contribution is 7.15. The number of thiazole rings is 1. The molecule has 0 saturated heterocycles. The first-order valence-corrected chi connectivity index (χ1v) is 6.11. The molecule has 0 bridgehead atoms. The molecule has 2 aromatic rings. The van der Waals surface area contributed by atoms with Crippen LogP contribution in [0.4, 0.5) is 0 Å². The summed E-state index contributed by atoms with van der Waals surface area (Å²) in [6.45, 7) is 4.83.